The monoisotopic (exact) mass is 504 g/mol. The van der Waals surface area contributed by atoms with E-state index in [4.69, 9.17) is 13.9 Å². The number of sulfonamides is 1. The van der Waals surface area contributed by atoms with Crippen molar-refractivity contribution < 1.29 is 22.3 Å². The van der Waals surface area contributed by atoms with Gasteiger partial charge in [-0.2, -0.15) is 4.31 Å². The van der Waals surface area contributed by atoms with Gasteiger partial charge in [0.2, 0.25) is 10.0 Å². The smallest absolute Gasteiger partial charge is 0.261 e. The first kappa shape index (κ1) is 25.4. The minimum Gasteiger partial charge on any atom is -0.486 e. The molecule has 0 radical (unpaired) electrons. The summed E-state index contributed by atoms with van der Waals surface area (Å²) in [5.41, 5.74) is 1.82. The van der Waals surface area contributed by atoms with Crippen LogP contribution in [0.4, 0.5) is 0 Å². The molecule has 4 rings (SSSR count). The Hall–Kier alpha value is -2.73. The van der Waals surface area contributed by atoms with Crippen LogP contribution in [0, 0.1) is 0 Å². The Balaban J connectivity index is 1.68. The van der Waals surface area contributed by atoms with Gasteiger partial charge in [-0.25, -0.2) is 8.42 Å². The van der Waals surface area contributed by atoms with Crippen LogP contribution in [0.5, 0.6) is 5.75 Å². The van der Waals surface area contributed by atoms with Gasteiger partial charge in [-0.3, -0.25) is 14.7 Å². The topological polar surface area (TPSA) is 107 Å². The molecule has 190 valence electrons. The molecule has 0 aromatic carbocycles. The second-order valence-corrected chi connectivity index (χ2v) is 11.1. The Morgan fingerprint density at radius 1 is 1.29 bits per heavy atom. The van der Waals surface area contributed by atoms with Crippen LogP contribution in [0.15, 0.2) is 39.9 Å². The van der Waals surface area contributed by atoms with E-state index >= 15 is 0 Å². The van der Waals surface area contributed by atoms with E-state index in [1.807, 2.05) is 19.9 Å². The quantitative estimate of drug-likeness (QED) is 0.459. The number of ether oxygens (including phenoxy) is 2. The molecule has 0 aliphatic carbocycles. The number of pyridine rings is 2. The Morgan fingerprint density at radius 3 is 2.74 bits per heavy atom. The van der Waals surface area contributed by atoms with Gasteiger partial charge in [0.1, 0.15) is 23.2 Å². The van der Waals surface area contributed by atoms with E-state index < -0.39 is 10.0 Å². The normalized spacial score (nSPS) is 18.7. The largest absolute Gasteiger partial charge is 0.486 e. The number of rotatable bonds is 8. The van der Waals surface area contributed by atoms with Crippen molar-refractivity contribution in [3.63, 3.8) is 0 Å². The summed E-state index contributed by atoms with van der Waals surface area (Å²) in [6, 6.07) is 3.63. The van der Waals surface area contributed by atoms with Crippen LogP contribution in [-0.4, -0.2) is 78.9 Å². The summed E-state index contributed by atoms with van der Waals surface area (Å²) < 4.78 is 44.4. The first-order chi connectivity index (χ1) is 16.6. The van der Waals surface area contributed by atoms with Gasteiger partial charge in [0.05, 0.1) is 31.0 Å². The highest BCUT2D eigenvalue weighted by Gasteiger charge is 2.29. The van der Waals surface area contributed by atoms with Gasteiger partial charge >= 0.3 is 0 Å². The zero-order chi connectivity index (χ0) is 25.3. The molecule has 1 aliphatic rings. The van der Waals surface area contributed by atoms with Crippen LogP contribution >= 0.6 is 0 Å². The fourth-order valence-corrected chi connectivity index (χ4v) is 5.35. The summed E-state index contributed by atoms with van der Waals surface area (Å²) in [7, 11) is 0.101. The summed E-state index contributed by atoms with van der Waals surface area (Å²) >= 11 is 0. The van der Waals surface area contributed by atoms with Gasteiger partial charge in [-0.15, -0.1) is 0 Å². The lowest BCUT2D eigenvalue weighted by Gasteiger charge is -2.38. The van der Waals surface area contributed by atoms with Crippen LogP contribution < -0.4 is 10.3 Å². The molecule has 1 fully saturated rings. The lowest BCUT2D eigenvalue weighted by Crippen LogP contribution is -2.52. The molecule has 35 heavy (non-hydrogen) atoms. The summed E-state index contributed by atoms with van der Waals surface area (Å²) in [5.74, 6) is 1.22. The fraction of sp³-hybridized carbons (Fsp3) is 0.500. The Labute approximate surface area is 205 Å². The summed E-state index contributed by atoms with van der Waals surface area (Å²) in [6.45, 7) is 6.22. The van der Waals surface area contributed by atoms with Crippen LogP contribution in [0.3, 0.4) is 0 Å². The molecule has 0 bridgehead atoms. The van der Waals surface area contributed by atoms with Crippen molar-refractivity contribution in [2.45, 2.75) is 32.5 Å². The third kappa shape index (κ3) is 5.43. The lowest BCUT2D eigenvalue weighted by atomic mass is 10.1. The zero-order valence-corrected chi connectivity index (χ0v) is 21.5. The van der Waals surface area contributed by atoms with E-state index in [0.717, 1.165) is 11.1 Å². The molecular formula is C24H32N4O6S. The molecule has 10 nitrogen and oxygen atoms in total. The second-order valence-electron chi connectivity index (χ2n) is 9.11. The van der Waals surface area contributed by atoms with E-state index in [1.165, 1.54) is 15.1 Å². The average molecular weight is 505 g/mol. The predicted molar refractivity (Wildman–Crippen MR) is 133 cm³/mol. The highest BCUT2D eigenvalue weighted by Crippen LogP contribution is 2.35. The van der Waals surface area contributed by atoms with Gasteiger partial charge in [-0.05, 0) is 26.0 Å². The molecular weight excluding hydrogens is 472 g/mol. The minimum atomic E-state index is -3.22. The van der Waals surface area contributed by atoms with Gasteiger partial charge in [0.15, 0.2) is 0 Å². The maximum atomic E-state index is 12.9. The summed E-state index contributed by atoms with van der Waals surface area (Å²) in [6.07, 6.45) is 6.11. The van der Waals surface area contributed by atoms with Crippen molar-refractivity contribution in [1.29, 1.82) is 0 Å². The number of nitrogens with zero attached hydrogens (tertiary/aromatic N) is 4. The maximum Gasteiger partial charge on any atom is 0.261 e. The Kier molecular flexibility index (Phi) is 7.32. The van der Waals surface area contributed by atoms with Crippen molar-refractivity contribution >= 4 is 21.0 Å². The van der Waals surface area contributed by atoms with Crippen LogP contribution in [0.2, 0.25) is 0 Å². The number of aryl methyl sites for hydroxylation is 1. The van der Waals surface area contributed by atoms with Gasteiger partial charge < -0.3 is 18.5 Å². The Bertz CT molecular complexity index is 1370. The molecule has 2 unspecified atom stereocenters. The molecule has 0 spiro atoms. The predicted octanol–water partition coefficient (Wildman–Crippen LogP) is 2.07. The molecule has 0 amide bonds. The fourth-order valence-electron chi connectivity index (χ4n) is 4.45. The van der Waals surface area contributed by atoms with Crippen molar-refractivity contribution in [1.82, 2.24) is 18.8 Å². The lowest BCUT2D eigenvalue weighted by molar-refractivity contribution is 0.0922. The van der Waals surface area contributed by atoms with E-state index in [9.17, 15) is 13.2 Å². The number of aromatic nitrogens is 2. The van der Waals surface area contributed by atoms with E-state index in [2.05, 4.69) is 9.88 Å². The van der Waals surface area contributed by atoms with Crippen LogP contribution in [-0.2, 0) is 28.4 Å². The molecule has 0 N–H and O–H groups in total. The first-order valence-corrected chi connectivity index (χ1v) is 13.3. The van der Waals surface area contributed by atoms with E-state index in [0.29, 0.717) is 55.3 Å². The molecule has 3 aromatic rings. The number of methoxy groups -OCH3 is 1. The van der Waals surface area contributed by atoms with E-state index in [1.54, 1.807) is 38.8 Å². The average Bonchev–Trinajstić information content (AvgIpc) is 3.22. The second kappa shape index (κ2) is 10.1. The van der Waals surface area contributed by atoms with Gasteiger partial charge in [0.25, 0.3) is 5.56 Å². The third-order valence-corrected chi connectivity index (χ3v) is 7.53. The first-order valence-electron chi connectivity index (χ1n) is 11.5. The van der Waals surface area contributed by atoms with Crippen LogP contribution in [0.1, 0.15) is 19.6 Å². The van der Waals surface area contributed by atoms with Crippen molar-refractivity contribution in [2.24, 2.45) is 7.05 Å². The SMILES string of the molecule is COCC(C)Oc1cnccc1-c1cn(C)c(=O)c2cc(CN3CCN(S(C)(=O)=O)CC3C)oc12. The number of fused-ring (bicyclic) bond motifs is 1. The third-order valence-electron chi connectivity index (χ3n) is 6.26. The molecule has 0 saturated carbocycles. The highest BCUT2D eigenvalue weighted by molar-refractivity contribution is 7.88. The summed E-state index contributed by atoms with van der Waals surface area (Å²) in [5, 5.41) is 0.482. The molecule has 2 atom stereocenters. The van der Waals surface area contributed by atoms with Gasteiger partial charge in [-0.1, -0.05) is 0 Å². The number of furan rings is 1. The molecule has 4 heterocycles. The van der Waals surface area contributed by atoms with E-state index in [-0.39, 0.29) is 17.7 Å². The molecule has 1 aliphatic heterocycles. The standard InChI is InChI=1S/C24H32N4O6S/c1-16-12-28(35(5,30)31)9-8-27(16)13-18-10-20-23(34-18)21(14-26(3)24(20)29)19-6-7-25-11-22(19)33-17(2)15-32-4/h6-7,10-11,14,16-17H,8-9,12-13,15H2,1-5H3. The summed E-state index contributed by atoms with van der Waals surface area (Å²) in [4.78, 5) is 19.3. The van der Waals surface area contributed by atoms with Crippen LogP contribution in [0.25, 0.3) is 22.1 Å². The van der Waals surface area contributed by atoms with Crippen molar-refractivity contribution in [2.75, 3.05) is 39.6 Å². The molecule has 11 heteroatoms. The number of hydrogen-bond acceptors (Lipinski definition) is 8. The molecule has 3 aromatic heterocycles. The Morgan fingerprint density at radius 2 is 2.06 bits per heavy atom. The highest BCUT2D eigenvalue weighted by atomic mass is 32.2. The van der Waals surface area contributed by atoms with Crippen molar-refractivity contribution in [3.05, 3.63) is 46.8 Å². The maximum absolute atomic E-state index is 12.9. The molecule has 1 saturated heterocycles. The van der Waals surface area contributed by atoms with Crippen molar-refractivity contribution in [3.8, 4) is 16.9 Å². The van der Waals surface area contributed by atoms with Gasteiger partial charge in [0, 0.05) is 63.4 Å². The number of hydrogen-bond donors (Lipinski definition) is 0. The zero-order valence-electron chi connectivity index (χ0n) is 20.7. The minimum absolute atomic E-state index is 0.0106. The number of piperazine rings is 1.